The zero-order chi connectivity index (χ0) is 17.6. The van der Waals surface area contributed by atoms with E-state index in [1.165, 1.54) is 11.3 Å². The normalized spacial score (nSPS) is 13.6. The van der Waals surface area contributed by atoms with Gasteiger partial charge in [-0.15, -0.1) is 11.3 Å². The molecule has 0 amide bonds. The quantitative estimate of drug-likeness (QED) is 0.722. The minimum absolute atomic E-state index is 0.411. The zero-order valence-corrected chi connectivity index (χ0v) is 14.9. The third kappa shape index (κ3) is 3.97. The van der Waals surface area contributed by atoms with Crippen molar-refractivity contribution in [2.45, 2.75) is 13.0 Å². The summed E-state index contributed by atoms with van der Waals surface area (Å²) in [4.78, 5) is 17.5. The van der Waals surface area contributed by atoms with Gasteiger partial charge in [-0.25, -0.2) is 9.97 Å². The van der Waals surface area contributed by atoms with E-state index in [1.54, 1.807) is 18.6 Å². The van der Waals surface area contributed by atoms with Crippen molar-refractivity contribution in [1.82, 2.24) is 20.3 Å². The first-order chi connectivity index (χ1) is 12.9. The van der Waals surface area contributed by atoms with Crippen molar-refractivity contribution in [3.8, 4) is 17.1 Å². The lowest BCUT2D eigenvalue weighted by Crippen LogP contribution is -2.35. The van der Waals surface area contributed by atoms with E-state index in [0.29, 0.717) is 12.5 Å². The molecule has 0 atom stereocenters. The van der Waals surface area contributed by atoms with Gasteiger partial charge in [0.2, 0.25) is 5.88 Å². The molecule has 0 saturated carbocycles. The Morgan fingerprint density at radius 3 is 3.04 bits per heavy atom. The highest BCUT2D eigenvalue weighted by Crippen LogP contribution is 2.31. The number of hydrogen-bond acceptors (Lipinski definition) is 8. The second kappa shape index (κ2) is 7.92. The first kappa shape index (κ1) is 16.5. The van der Waals surface area contributed by atoms with Gasteiger partial charge in [-0.05, 0) is 24.6 Å². The van der Waals surface area contributed by atoms with Gasteiger partial charge in [0.25, 0.3) is 0 Å². The Balaban J connectivity index is 1.50. The number of aromatic nitrogens is 3. The van der Waals surface area contributed by atoms with Crippen LogP contribution >= 0.6 is 11.3 Å². The van der Waals surface area contributed by atoms with Crippen LogP contribution in [0.4, 0.5) is 5.13 Å². The summed E-state index contributed by atoms with van der Waals surface area (Å²) in [7, 11) is 0. The number of rotatable bonds is 5. The third-order valence-corrected chi connectivity index (χ3v) is 4.53. The van der Waals surface area contributed by atoms with Crippen molar-refractivity contribution in [2.24, 2.45) is 4.99 Å². The number of thiazole rings is 1. The summed E-state index contributed by atoms with van der Waals surface area (Å²) in [5.74, 6) is 1.33. The highest BCUT2D eigenvalue weighted by molar-refractivity contribution is 7.14. The lowest BCUT2D eigenvalue weighted by atomic mass is 10.2. The Morgan fingerprint density at radius 2 is 2.19 bits per heavy atom. The lowest BCUT2D eigenvalue weighted by Gasteiger charge is -2.14. The third-order valence-electron chi connectivity index (χ3n) is 3.77. The SMILES string of the molecule is c1cncc(COc2ncccc2-c2csc(NC3=NCCCN3)n2)c1. The van der Waals surface area contributed by atoms with E-state index in [1.807, 2.05) is 29.6 Å². The maximum absolute atomic E-state index is 5.89. The number of ether oxygens (including phenoxy) is 1. The molecule has 132 valence electrons. The summed E-state index contributed by atoms with van der Waals surface area (Å²) in [5, 5.41) is 9.23. The van der Waals surface area contributed by atoms with Crippen LogP contribution in [-0.2, 0) is 6.61 Å². The summed E-state index contributed by atoms with van der Waals surface area (Å²) in [6, 6.07) is 7.70. The van der Waals surface area contributed by atoms with Gasteiger partial charge >= 0.3 is 0 Å². The summed E-state index contributed by atoms with van der Waals surface area (Å²) >= 11 is 1.52. The maximum Gasteiger partial charge on any atom is 0.223 e. The minimum atomic E-state index is 0.411. The Labute approximate surface area is 155 Å². The highest BCUT2D eigenvalue weighted by Gasteiger charge is 2.13. The number of nitrogens with one attached hydrogen (secondary N) is 2. The Kier molecular flexibility index (Phi) is 5.02. The molecule has 3 aromatic heterocycles. The number of aliphatic imine (C=N–C) groups is 1. The average molecular weight is 366 g/mol. The average Bonchev–Trinajstić information content (AvgIpc) is 3.16. The molecule has 0 radical (unpaired) electrons. The van der Waals surface area contributed by atoms with Gasteiger partial charge in [-0.1, -0.05) is 6.07 Å². The van der Waals surface area contributed by atoms with E-state index >= 15 is 0 Å². The topological polar surface area (TPSA) is 84.3 Å². The van der Waals surface area contributed by atoms with Crippen molar-refractivity contribution in [1.29, 1.82) is 0 Å². The van der Waals surface area contributed by atoms with Crippen molar-refractivity contribution in [3.05, 3.63) is 53.8 Å². The molecular weight excluding hydrogens is 348 g/mol. The molecule has 0 unspecified atom stereocenters. The van der Waals surface area contributed by atoms with Crippen molar-refractivity contribution >= 4 is 22.4 Å². The standard InChI is InChI=1S/C18H18N6OS/c1-4-13(10-19-6-1)11-25-16-14(5-2-7-20-16)15-12-26-18(23-15)24-17-21-8-3-9-22-17/h1-2,4-7,10,12H,3,8-9,11H2,(H2,21,22,23,24). The van der Waals surface area contributed by atoms with Crippen LogP contribution in [0, 0.1) is 0 Å². The highest BCUT2D eigenvalue weighted by atomic mass is 32.1. The smallest absolute Gasteiger partial charge is 0.223 e. The molecule has 4 heterocycles. The van der Waals surface area contributed by atoms with E-state index in [2.05, 4.69) is 30.6 Å². The monoisotopic (exact) mass is 366 g/mol. The zero-order valence-electron chi connectivity index (χ0n) is 14.1. The van der Waals surface area contributed by atoms with Crippen LogP contribution in [0.25, 0.3) is 11.3 Å². The molecule has 4 rings (SSSR count). The summed E-state index contributed by atoms with van der Waals surface area (Å²) < 4.78 is 5.89. The molecular formula is C18H18N6OS. The van der Waals surface area contributed by atoms with E-state index in [9.17, 15) is 0 Å². The molecule has 0 aliphatic carbocycles. The molecule has 1 aliphatic rings. The number of anilines is 1. The van der Waals surface area contributed by atoms with E-state index in [0.717, 1.165) is 47.4 Å². The Hall–Kier alpha value is -3.00. The fourth-order valence-corrected chi connectivity index (χ4v) is 3.22. The van der Waals surface area contributed by atoms with Gasteiger partial charge in [0.15, 0.2) is 11.1 Å². The molecule has 0 saturated heterocycles. The van der Waals surface area contributed by atoms with Crippen LogP contribution in [0.5, 0.6) is 5.88 Å². The molecule has 3 aromatic rings. The van der Waals surface area contributed by atoms with Crippen LogP contribution in [0.15, 0.2) is 53.2 Å². The second-order valence-electron chi connectivity index (χ2n) is 5.68. The Morgan fingerprint density at radius 1 is 1.23 bits per heavy atom. The van der Waals surface area contributed by atoms with Crippen LogP contribution in [0.1, 0.15) is 12.0 Å². The lowest BCUT2D eigenvalue weighted by molar-refractivity contribution is 0.295. The molecule has 8 heteroatoms. The van der Waals surface area contributed by atoms with Crippen LogP contribution in [0.2, 0.25) is 0 Å². The summed E-state index contributed by atoms with van der Waals surface area (Å²) in [6.45, 7) is 2.18. The maximum atomic E-state index is 5.89. The van der Waals surface area contributed by atoms with Crippen molar-refractivity contribution < 1.29 is 4.74 Å². The molecule has 7 nitrogen and oxygen atoms in total. The van der Waals surface area contributed by atoms with Crippen LogP contribution in [0.3, 0.4) is 0 Å². The number of hydrogen-bond donors (Lipinski definition) is 2. The predicted octanol–water partition coefficient (Wildman–Crippen LogP) is 2.94. The molecule has 0 spiro atoms. The molecule has 0 aromatic carbocycles. The summed E-state index contributed by atoms with van der Waals surface area (Å²) in [6.07, 6.45) is 6.30. The van der Waals surface area contributed by atoms with Gasteiger partial charge in [0.05, 0.1) is 11.3 Å². The fraction of sp³-hybridized carbons (Fsp3) is 0.222. The Bertz CT molecular complexity index is 895. The van der Waals surface area contributed by atoms with Gasteiger partial charge < -0.3 is 15.4 Å². The molecule has 1 aliphatic heterocycles. The largest absolute Gasteiger partial charge is 0.472 e. The number of pyridine rings is 2. The molecule has 2 N–H and O–H groups in total. The fourth-order valence-electron chi connectivity index (χ4n) is 2.51. The van der Waals surface area contributed by atoms with Crippen molar-refractivity contribution in [3.63, 3.8) is 0 Å². The predicted molar refractivity (Wildman–Crippen MR) is 102 cm³/mol. The first-order valence-corrected chi connectivity index (χ1v) is 9.24. The molecule has 26 heavy (non-hydrogen) atoms. The molecule has 0 bridgehead atoms. The number of nitrogens with zero attached hydrogens (tertiary/aromatic N) is 4. The van der Waals surface area contributed by atoms with Gasteiger partial charge in [0, 0.05) is 42.6 Å². The van der Waals surface area contributed by atoms with Crippen LogP contribution in [-0.4, -0.2) is 34.0 Å². The van der Waals surface area contributed by atoms with Gasteiger partial charge in [-0.3, -0.25) is 9.98 Å². The minimum Gasteiger partial charge on any atom is -0.472 e. The van der Waals surface area contributed by atoms with E-state index < -0.39 is 0 Å². The van der Waals surface area contributed by atoms with E-state index in [4.69, 9.17) is 4.74 Å². The van der Waals surface area contributed by atoms with Crippen molar-refractivity contribution in [2.75, 3.05) is 18.4 Å². The second-order valence-corrected chi connectivity index (χ2v) is 6.54. The number of guanidine groups is 1. The summed E-state index contributed by atoms with van der Waals surface area (Å²) in [5.41, 5.74) is 2.67. The first-order valence-electron chi connectivity index (χ1n) is 8.36. The van der Waals surface area contributed by atoms with E-state index in [-0.39, 0.29) is 0 Å². The van der Waals surface area contributed by atoms with Crippen LogP contribution < -0.4 is 15.4 Å². The van der Waals surface area contributed by atoms with Gasteiger partial charge in [-0.2, -0.15) is 0 Å². The van der Waals surface area contributed by atoms with Gasteiger partial charge in [0.1, 0.15) is 6.61 Å². The molecule has 0 fully saturated rings.